The average molecular weight is 473 g/mol. The Balaban J connectivity index is 1.60. The van der Waals surface area contributed by atoms with E-state index in [1.165, 1.54) is 7.11 Å². The summed E-state index contributed by atoms with van der Waals surface area (Å²) in [6.07, 6.45) is 2.48. The molecule has 3 aromatic rings. The maximum absolute atomic E-state index is 13.7. The van der Waals surface area contributed by atoms with E-state index in [0.29, 0.717) is 23.7 Å². The van der Waals surface area contributed by atoms with Gasteiger partial charge < -0.3 is 30.0 Å². The minimum absolute atomic E-state index is 0.0364. The molecule has 2 aliphatic rings. The number of phenols is 1. The number of rotatable bonds is 5. The normalized spacial score (nSPS) is 20.8. The highest BCUT2D eigenvalue weighted by molar-refractivity contribution is 5.90. The van der Waals surface area contributed by atoms with Crippen molar-refractivity contribution in [2.24, 2.45) is 5.92 Å². The first-order chi connectivity index (χ1) is 17.0. The molecule has 7 nitrogen and oxygen atoms in total. The Morgan fingerprint density at radius 2 is 1.51 bits per heavy atom. The van der Waals surface area contributed by atoms with E-state index in [-0.39, 0.29) is 23.5 Å². The quantitative estimate of drug-likeness (QED) is 0.467. The summed E-state index contributed by atoms with van der Waals surface area (Å²) in [5.41, 5.74) is 4.39. The SMILES string of the molecule is COc1ccc(C2Nc3ccccc3NC3=CC(c4ccc(OC)c(OC)c4)CC(=O)C32)cc1O. The highest BCUT2D eigenvalue weighted by Gasteiger charge is 2.40. The van der Waals surface area contributed by atoms with Gasteiger partial charge in [-0.25, -0.2) is 0 Å². The smallest absolute Gasteiger partial charge is 0.161 e. The first kappa shape index (κ1) is 22.7. The van der Waals surface area contributed by atoms with Gasteiger partial charge in [-0.05, 0) is 47.5 Å². The van der Waals surface area contributed by atoms with Gasteiger partial charge in [0.25, 0.3) is 0 Å². The van der Waals surface area contributed by atoms with Gasteiger partial charge in [0.05, 0.1) is 44.7 Å². The van der Waals surface area contributed by atoms with Crippen molar-refractivity contribution in [3.8, 4) is 23.0 Å². The van der Waals surface area contributed by atoms with E-state index >= 15 is 0 Å². The van der Waals surface area contributed by atoms with E-state index in [2.05, 4.69) is 16.7 Å². The molecule has 0 amide bonds. The van der Waals surface area contributed by atoms with Crippen molar-refractivity contribution in [1.29, 1.82) is 0 Å². The molecule has 0 aromatic heterocycles. The van der Waals surface area contributed by atoms with Crippen LogP contribution in [0, 0.1) is 5.92 Å². The van der Waals surface area contributed by atoms with Crippen LogP contribution in [0.4, 0.5) is 11.4 Å². The first-order valence-electron chi connectivity index (χ1n) is 11.5. The second-order valence-corrected chi connectivity index (χ2v) is 8.71. The molecule has 0 spiro atoms. The lowest BCUT2D eigenvalue weighted by atomic mass is 9.76. The average Bonchev–Trinajstić information content (AvgIpc) is 3.05. The number of allylic oxidation sites excluding steroid dienone is 1. The van der Waals surface area contributed by atoms with Crippen molar-refractivity contribution < 1.29 is 24.1 Å². The number of nitrogens with one attached hydrogen (secondary N) is 2. The van der Waals surface area contributed by atoms with E-state index < -0.39 is 5.92 Å². The van der Waals surface area contributed by atoms with Gasteiger partial charge in [-0.3, -0.25) is 4.79 Å². The maximum Gasteiger partial charge on any atom is 0.161 e. The van der Waals surface area contributed by atoms with Crippen molar-refractivity contribution in [2.45, 2.75) is 18.4 Å². The third-order valence-electron chi connectivity index (χ3n) is 6.73. The van der Waals surface area contributed by atoms with Gasteiger partial charge in [-0.1, -0.05) is 30.3 Å². The summed E-state index contributed by atoms with van der Waals surface area (Å²) in [4.78, 5) is 13.7. The van der Waals surface area contributed by atoms with Gasteiger partial charge in [0.2, 0.25) is 0 Å². The Bertz CT molecular complexity index is 1300. The molecule has 3 atom stereocenters. The van der Waals surface area contributed by atoms with Gasteiger partial charge >= 0.3 is 0 Å². The molecule has 180 valence electrons. The predicted octanol–water partition coefficient (Wildman–Crippen LogP) is 5.25. The summed E-state index contributed by atoms with van der Waals surface area (Å²) >= 11 is 0. The molecule has 0 radical (unpaired) electrons. The molecule has 35 heavy (non-hydrogen) atoms. The van der Waals surface area contributed by atoms with Crippen molar-refractivity contribution in [1.82, 2.24) is 0 Å². The number of phenolic OH excluding ortho intramolecular Hbond substituents is 1. The standard InChI is InChI=1S/C28H28N2O5/c1-33-24-10-9-17(13-22(24)31)28-27-21(29-19-6-4-5-7-20(19)30-28)12-18(14-23(27)32)16-8-11-25(34-2)26(15-16)35-3/h4-13,15,18,27-31H,14H2,1-3H3. The van der Waals surface area contributed by atoms with Crippen LogP contribution in [-0.4, -0.2) is 32.2 Å². The molecule has 0 bridgehead atoms. The van der Waals surface area contributed by atoms with Crippen LogP contribution in [0.25, 0.3) is 0 Å². The van der Waals surface area contributed by atoms with E-state index in [4.69, 9.17) is 14.2 Å². The second-order valence-electron chi connectivity index (χ2n) is 8.71. The number of ether oxygens (including phenoxy) is 3. The van der Waals surface area contributed by atoms with Crippen molar-refractivity contribution in [2.75, 3.05) is 32.0 Å². The highest BCUT2D eigenvalue weighted by atomic mass is 16.5. The number of carbonyl (C=O) groups is 1. The Kier molecular flexibility index (Phi) is 5.99. The topological polar surface area (TPSA) is 89.0 Å². The minimum Gasteiger partial charge on any atom is -0.504 e. The Morgan fingerprint density at radius 3 is 2.23 bits per heavy atom. The monoisotopic (exact) mass is 472 g/mol. The number of aromatic hydroxyl groups is 1. The molecule has 3 unspecified atom stereocenters. The fraction of sp³-hybridized carbons (Fsp3) is 0.250. The van der Waals surface area contributed by atoms with Crippen LogP contribution in [0.3, 0.4) is 0 Å². The zero-order valence-electron chi connectivity index (χ0n) is 19.9. The number of ketones is 1. The lowest BCUT2D eigenvalue weighted by molar-refractivity contribution is -0.122. The molecule has 1 aliphatic carbocycles. The Hall–Kier alpha value is -4.13. The summed E-state index contributed by atoms with van der Waals surface area (Å²) < 4.78 is 16.1. The summed E-state index contributed by atoms with van der Waals surface area (Å²) in [7, 11) is 4.72. The molecule has 1 heterocycles. The summed E-state index contributed by atoms with van der Waals surface area (Å²) in [6, 6.07) is 18.5. The zero-order valence-corrected chi connectivity index (χ0v) is 19.9. The molecule has 3 N–H and O–H groups in total. The summed E-state index contributed by atoms with van der Waals surface area (Å²) in [5.74, 6) is 1.24. The molecule has 1 aliphatic heterocycles. The molecule has 0 fully saturated rings. The van der Waals surface area contributed by atoms with Crippen LogP contribution in [-0.2, 0) is 4.79 Å². The van der Waals surface area contributed by atoms with Crippen molar-refractivity contribution in [3.63, 3.8) is 0 Å². The van der Waals surface area contributed by atoms with Crippen LogP contribution in [0.5, 0.6) is 23.0 Å². The molecule has 0 saturated heterocycles. The van der Waals surface area contributed by atoms with Gasteiger partial charge in [0.1, 0.15) is 5.78 Å². The van der Waals surface area contributed by atoms with E-state index in [0.717, 1.165) is 28.2 Å². The van der Waals surface area contributed by atoms with Crippen LogP contribution >= 0.6 is 0 Å². The second kappa shape index (κ2) is 9.25. The highest BCUT2D eigenvalue weighted by Crippen LogP contribution is 2.46. The molecular weight excluding hydrogens is 444 g/mol. The fourth-order valence-corrected chi connectivity index (χ4v) is 4.98. The molecule has 7 heteroatoms. The van der Waals surface area contributed by atoms with Gasteiger partial charge in [-0.15, -0.1) is 0 Å². The van der Waals surface area contributed by atoms with Crippen molar-refractivity contribution >= 4 is 17.2 Å². The third-order valence-corrected chi connectivity index (χ3v) is 6.73. The van der Waals surface area contributed by atoms with Gasteiger partial charge in [0.15, 0.2) is 23.0 Å². The third kappa shape index (κ3) is 4.14. The first-order valence-corrected chi connectivity index (χ1v) is 11.5. The van der Waals surface area contributed by atoms with Crippen molar-refractivity contribution in [3.05, 3.63) is 83.6 Å². The van der Waals surface area contributed by atoms with E-state index in [1.807, 2.05) is 48.5 Å². The number of carbonyl (C=O) groups excluding carboxylic acids is 1. The Morgan fingerprint density at radius 1 is 0.829 bits per heavy atom. The number of anilines is 2. The summed E-state index contributed by atoms with van der Waals surface area (Å²) in [6.45, 7) is 0. The number of Topliss-reactive ketones (excluding diaryl/α,β-unsaturated/α-hetero) is 1. The van der Waals surface area contributed by atoms with Crippen LogP contribution in [0.2, 0.25) is 0 Å². The molecular formula is C28H28N2O5. The fourth-order valence-electron chi connectivity index (χ4n) is 4.98. The number of hydrogen-bond acceptors (Lipinski definition) is 7. The molecule has 0 saturated carbocycles. The Labute approximate surface area is 204 Å². The number of fused-ring (bicyclic) bond motifs is 2. The zero-order chi connectivity index (χ0) is 24.5. The van der Waals surface area contributed by atoms with Crippen LogP contribution in [0.15, 0.2) is 72.4 Å². The maximum atomic E-state index is 13.7. The summed E-state index contributed by atoms with van der Waals surface area (Å²) in [5, 5.41) is 17.5. The molecule has 5 rings (SSSR count). The van der Waals surface area contributed by atoms with Crippen LogP contribution in [0.1, 0.15) is 29.5 Å². The lowest BCUT2D eigenvalue weighted by Crippen LogP contribution is -2.33. The number of hydrogen-bond donors (Lipinski definition) is 3. The minimum atomic E-state index is -0.452. The molecule has 3 aromatic carbocycles. The number of methoxy groups -OCH3 is 3. The van der Waals surface area contributed by atoms with E-state index in [9.17, 15) is 9.90 Å². The number of benzene rings is 3. The number of para-hydroxylation sites is 2. The predicted molar refractivity (Wildman–Crippen MR) is 135 cm³/mol. The lowest BCUT2D eigenvalue weighted by Gasteiger charge is -2.32. The van der Waals surface area contributed by atoms with E-state index in [1.54, 1.807) is 26.4 Å². The van der Waals surface area contributed by atoms with Gasteiger partial charge in [0, 0.05) is 18.0 Å². The largest absolute Gasteiger partial charge is 0.504 e. The van der Waals surface area contributed by atoms with Gasteiger partial charge in [-0.2, -0.15) is 0 Å². The van der Waals surface area contributed by atoms with Crippen LogP contribution < -0.4 is 24.8 Å².